The van der Waals surface area contributed by atoms with Crippen molar-refractivity contribution < 1.29 is 4.74 Å². The summed E-state index contributed by atoms with van der Waals surface area (Å²) in [5.41, 5.74) is 0.355. The third-order valence-electron chi connectivity index (χ3n) is 2.61. The van der Waals surface area contributed by atoms with Gasteiger partial charge in [-0.2, -0.15) is 0 Å². The molecule has 0 bridgehead atoms. The molecule has 0 unspecified atom stereocenters. The first-order valence-electron chi connectivity index (χ1n) is 7.01. The van der Waals surface area contributed by atoms with Crippen molar-refractivity contribution in [2.75, 3.05) is 13.2 Å². The zero-order chi connectivity index (χ0) is 13.5. The van der Waals surface area contributed by atoms with Crippen molar-refractivity contribution in [3.05, 3.63) is 12.3 Å². The fourth-order valence-electron chi connectivity index (χ4n) is 1.97. The Labute approximate surface area is 108 Å². The van der Waals surface area contributed by atoms with Crippen LogP contribution < -0.4 is 0 Å². The third-order valence-corrected chi connectivity index (χ3v) is 2.61. The van der Waals surface area contributed by atoms with Gasteiger partial charge >= 0.3 is 0 Å². The van der Waals surface area contributed by atoms with Crippen molar-refractivity contribution >= 4 is 0 Å². The van der Waals surface area contributed by atoms with E-state index in [2.05, 4.69) is 51.8 Å². The molecule has 2 aliphatic rings. The van der Waals surface area contributed by atoms with Crippen LogP contribution in [0.25, 0.3) is 0 Å². The number of rotatable bonds is 1. The van der Waals surface area contributed by atoms with Crippen molar-refractivity contribution in [2.24, 2.45) is 5.92 Å². The van der Waals surface area contributed by atoms with Gasteiger partial charge in [0, 0.05) is 6.04 Å². The Hall–Kier alpha value is -0.500. The second-order valence-corrected chi connectivity index (χ2v) is 5.54. The maximum absolute atomic E-state index is 5.26. The van der Waals surface area contributed by atoms with Gasteiger partial charge in [-0.3, -0.25) is 0 Å². The molecule has 0 aromatic heterocycles. The van der Waals surface area contributed by atoms with Crippen LogP contribution in [0.2, 0.25) is 0 Å². The van der Waals surface area contributed by atoms with Crippen LogP contribution in [-0.2, 0) is 4.74 Å². The summed E-state index contributed by atoms with van der Waals surface area (Å²) in [5, 5.41) is 0. The Morgan fingerprint density at radius 1 is 1.06 bits per heavy atom. The van der Waals surface area contributed by atoms with E-state index in [1.165, 1.54) is 6.42 Å². The summed E-state index contributed by atoms with van der Waals surface area (Å²) in [7, 11) is 0. The quantitative estimate of drug-likeness (QED) is 0.686. The topological polar surface area (TPSA) is 12.5 Å². The van der Waals surface area contributed by atoms with Crippen LogP contribution in [0.15, 0.2) is 12.3 Å². The highest BCUT2D eigenvalue weighted by molar-refractivity contribution is 5.12. The second kappa shape index (κ2) is 7.75. The van der Waals surface area contributed by atoms with Gasteiger partial charge in [0.15, 0.2) is 0 Å². The van der Waals surface area contributed by atoms with Gasteiger partial charge in [0.25, 0.3) is 0 Å². The minimum atomic E-state index is 0.355. The van der Waals surface area contributed by atoms with Crippen LogP contribution in [-0.4, -0.2) is 29.7 Å². The number of ether oxygens (including phenoxy) is 1. The van der Waals surface area contributed by atoms with E-state index in [4.69, 9.17) is 4.74 Å². The molecule has 1 spiro atoms. The van der Waals surface area contributed by atoms with Crippen LogP contribution >= 0.6 is 0 Å². The molecule has 2 nitrogen and oxygen atoms in total. The van der Waals surface area contributed by atoms with Crippen molar-refractivity contribution in [1.29, 1.82) is 0 Å². The summed E-state index contributed by atoms with van der Waals surface area (Å²) in [6.45, 7) is 16.8. The van der Waals surface area contributed by atoms with Crippen molar-refractivity contribution in [2.45, 2.75) is 66.5 Å². The summed E-state index contributed by atoms with van der Waals surface area (Å²) >= 11 is 0. The molecule has 0 aromatic carbocycles. The lowest BCUT2D eigenvalue weighted by Crippen LogP contribution is -2.59. The maximum Gasteiger partial charge on any atom is 0.0899 e. The van der Waals surface area contributed by atoms with Crippen molar-refractivity contribution in [3.63, 3.8) is 0 Å². The molecule has 2 heterocycles. The summed E-state index contributed by atoms with van der Waals surface area (Å²) in [5.74, 6) is 0.833. The Balaban J connectivity index is 0.000000368. The molecule has 2 heteroatoms. The van der Waals surface area contributed by atoms with Crippen LogP contribution in [0.1, 0.15) is 54.9 Å². The summed E-state index contributed by atoms with van der Waals surface area (Å²) in [4.78, 5) is 2.43. The molecule has 102 valence electrons. The smallest absolute Gasteiger partial charge is 0.0899 e. The first-order valence-corrected chi connectivity index (χ1v) is 7.01. The molecule has 0 saturated carbocycles. The third kappa shape index (κ3) is 4.71. The van der Waals surface area contributed by atoms with E-state index < -0.39 is 0 Å². The Kier molecular flexibility index (Phi) is 7.53. The van der Waals surface area contributed by atoms with Gasteiger partial charge in [0.1, 0.15) is 0 Å². The van der Waals surface area contributed by atoms with E-state index in [1.54, 1.807) is 0 Å². The largest absolute Gasteiger partial charge is 0.376 e. The zero-order valence-corrected chi connectivity index (χ0v) is 12.8. The van der Waals surface area contributed by atoms with E-state index in [0.717, 1.165) is 19.1 Å². The molecule has 0 radical (unpaired) electrons. The van der Waals surface area contributed by atoms with Crippen LogP contribution in [0.4, 0.5) is 0 Å². The van der Waals surface area contributed by atoms with Gasteiger partial charge in [-0.15, -0.1) is 0 Å². The van der Waals surface area contributed by atoms with Gasteiger partial charge in [0.05, 0.1) is 18.8 Å². The molecule has 0 N–H and O–H groups in total. The normalized spacial score (nSPS) is 19.7. The van der Waals surface area contributed by atoms with Crippen LogP contribution in [0.3, 0.4) is 0 Å². The Bertz CT molecular complexity index is 214. The Morgan fingerprint density at radius 2 is 1.53 bits per heavy atom. The van der Waals surface area contributed by atoms with E-state index >= 15 is 0 Å². The summed E-state index contributed by atoms with van der Waals surface area (Å²) in [6, 6.07) is 0.609. The highest BCUT2D eigenvalue weighted by atomic mass is 16.5. The van der Waals surface area contributed by atoms with E-state index in [9.17, 15) is 0 Å². The van der Waals surface area contributed by atoms with Crippen molar-refractivity contribution in [1.82, 2.24) is 4.90 Å². The number of hydrogen-bond donors (Lipinski definition) is 0. The molecule has 0 amide bonds. The lowest BCUT2D eigenvalue weighted by molar-refractivity contribution is -0.123. The first kappa shape index (κ1) is 16.5. The van der Waals surface area contributed by atoms with Crippen LogP contribution in [0.5, 0.6) is 0 Å². The minimum Gasteiger partial charge on any atom is -0.376 e. The number of nitrogens with zero attached hydrogens (tertiary/aromatic N) is 1. The maximum atomic E-state index is 5.26. The predicted molar refractivity (Wildman–Crippen MR) is 76.1 cm³/mol. The molecular weight excluding hydrogens is 210 g/mol. The fraction of sp³-hybridized carbons (Fsp3) is 0.867. The van der Waals surface area contributed by atoms with E-state index in [1.807, 2.05) is 13.8 Å². The van der Waals surface area contributed by atoms with Gasteiger partial charge in [-0.1, -0.05) is 40.7 Å². The molecule has 1 saturated heterocycles. The lowest BCUT2D eigenvalue weighted by atomic mass is 9.93. The van der Waals surface area contributed by atoms with Gasteiger partial charge in [-0.25, -0.2) is 0 Å². The zero-order valence-electron chi connectivity index (χ0n) is 12.8. The molecule has 0 aliphatic carbocycles. The molecule has 1 fully saturated rings. The standard InChI is InChI=1S/C9H15NO.C4H10.C2H6/c1-8(2)10-5-3-4-9(10)6-11-7-9;1-4(2)3;1-2/h3,5,8H,4,6-7H2,1-2H3;4H,1-3H3;1-2H3. The van der Waals surface area contributed by atoms with Crippen molar-refractivity contribution in [3.8, 4) is 0 Å². The average Bonchev–Trinajstić information content (AvgIpc) is 2.63. The summed E-state index contributed by atoms with van der Waals surface area (Å²) in [6.07, 6.45) is 5.64. The van der Waals surface area contributed by atoms with E-state index in [0.29, 0.717) is 11.6 Å². The number of hydrogen-bond acceptors (Lipinski definition) is 2. The van der Waals surface area contributed by atoms with Crippen LogP contribution in [0, 0.1) is 5.92 Å². The molecule has 2 rings (SSSR count). The van der Waals surface area contributed by atoms with E-state index in [-0.39, 0.29) is 0 Å². The van der Waals surface area contributed by atoms with Gasteiger partial charge in [0.2, 0.25) is 0 Å². The molecule has 2 aliphatic heterocycles. The highest BCUT2D eigenvalue weighted by Crippen LogP contribution is 2.35. The average molecular weight is 241 g/mol. The monoisotopic (exact) mass is 241 g/mol. The fourth-order valence-corrected chi connectivity index (χ4v) is 1.97. The Morgan fingerprint density at radius 3 is 1.76 bits per heavy atom. The van der Waals surface area contributed by atoms with Gasteiger partial charge in [-0.05, 0) is 32.4 Å². The van der Waals surface area contributed by atoms with Gasteiger partial charge < -0.3 is 9.64 Å². The molecule has 17 heavy (non-hydrogen) atoms. The predicted octanol–water partition coefficient (Wildman–Crippen LogP) is 4.07. The SMILES string of the molecule is CC.CC(C)C.CC(C)N1C=CCC12COC2. The molecule has 0 atom stereocenters. The first-order chi connectivity index (χ1) is 7.98. The molecular formula is C15H31NO. The summed E-state index contributed by atoms with van der Waals surface area (Å²) < 4.78 is 5.26. The second-order valence-electron chi connectivity index (χ2n) is 5.54. The lowest BCUT2D eigenvalue weighted by Gasteiger charge is -2.48. The minimum absolute atomic E-state index is 0.355. The highest BCUT2D eigenvalue weighted by Gasteiger charge is 2.45. The molecule has 0 aromatic rings.